The number of rotatable bonds is 5. The molecule has 1 aliphatic heterocycles. The highest BCUT2D eigenvalue weighted by Crippen LogP contribution is 2.07. The largest absolute Gasteiger partial charge is 0.381 e. The van der Waals surface area contributed by atoms with Gasteiger partial charge in [-0.1, -0.05) is 6.92 Å². The Morgan fingerprint density at radius 2 is 2.15 bits per heavy atom. The minimum absolute atomic E-state index is 0.675. The molecule has 1 unspecified atom stereocenters. The lowest BCUT2D eigenvalue weighted by molar-refractivity contribution is 0.0770. The second-order valence-electron chi connectivity index (χ2n) is 3.98. The predicted octanol–water partition coefficient (Wildman–Crippen LogP) is 0.740. The van der Waals surface area contributed by atoms with E-state index in [4.69, 9.17) is 10.5 Å². The molecule has 1 fully saturated rings. The fourth-order valence-electron chi connectivity index (χ4n) is 1.66. The summed E-state index contributed by atoms with van der Waals surface area (Å²) >= 11 is 0. The topological polar surface area (TPSA) is 47.3 Å². The molecule has 1 aliphatic rings. The predicted molar refractivity (Wildman–Crippen MR) is 54.7 cm³/mol. The summed E-state index contributed by atoms with van der Waals surface area (Å²) in [7, 11) is 0. The van der Waals surface area contributed by atoms with Crippen LogP contribution in [0.3, 0.4) is 0 Å². The Morgan fingerprint density at radius 1 is 1.46 bits per heavy atom. The summed E-state index contributed by atoms with van der Waals surface area (Å²) in [6, 6.07) is 0.675. The molecule has 0 aliphatic carbocycles. The van der Waals surface area contributed by atoms with Crippen molar-refractivity contribution in [1.29, 1.82) is 0 Å². The number of hydrogen-bond acceptors (Lipinski definition) is 3. The zero-order valence-corrected chi connectivity index (χ0v) is 8.59. The maximum atomic E-state index is 5.49. The Labute approximate surface area is 81.0 Å². The van der Waals surface area contributed by atoms with E-state index in [9.17, 15) is 0 Å². The highest BCUT2D eigenvalue weighted by atomic mass is 16.5. The van der Waals surface area contributed by atoms with Crippen LogP contribution in [-0.2, 0) is 4.74 Å². The van der Waals surface area contributed by atoms with Crippen LogP contribution in [0.4, 0.5) is 0 Å². The Hall–Kier alpha value is -0.120. The van der Waals surface area contributed by atoms with Gasteiger partial charge in [0.25, 0.3) is 0 Å². The SMILES string of the molecule is CC(CCN)CNC1CCOCC1. The molecule has 0 spiro atoms. The molecule has 0 radical (unpaired) electrons. The van der Waals surface area contributed by atoms with Crippen LogP contribution in [0.1, 0.15) is 26.2 Å². The van der Waals surface area contributed by atoms with E-state index < -0.39 is 0 Å². The lowest BCUT2D eigenvalue weighted by Crippen LogP contribution is -2.37. The molecule has 3 heteroatoms. The maximum Gasteiger partial charge on any atom is 0.0480 e. The third-order valence-corrected chi connectivity index (χ3v) is 2.64. The quantitative estimate of drug-likeness (QED) is 0.666. The van der Waals surface area contributed by atoms with E-state index in [2.05, 4.69) is 12.2 Å². The van der Waals surface area contributed by atoms with Gasteiger partial charge in [-0.05, 0) is 38.3 Å². The van der Waals surface area contributed by atoms with Gasteiger partial charge >= 0.3 is 0 Å². The van der Waals surface area contributed by atoms with Crippen molar-refractivity contribution >= 4 is 0 Å². The fraction of sp³-hybridized carbons (Fsp3) is 1.00. The Bertz CT molecular complexity index is 124. The zero-order chi connectivity index (χ0) is 9.52. The van der Waals surface area contributed by atoms with E-state index in [0.29, 0.717) is 12.0 Å². The van der Waals surface area contributed by atoms with Crippen LogP contribution < -0.4 is 11.1 Å². The van der Waals surface area contributed by atoms with Gasteiger partial charge in [-0.15, -0.1) is 0 Å². The Balaban J connectivity index is 2.03. The van der Waals surface area contributed by atoms with Crippen molar-refractivity contribution in [2.75, 3.05) is 26.3 Å². The lowest BCUT2D eigenvalue weighted by atomic mass is 10.1. The van der Waals surface area contributed by atoms with Crippen molar-refractivity contribution in [3.8, 4) is 0 Å². The highest BCUT2D eigenvalue weighted by molar-refractivity contribution is 4.71. The molecule has 3 N–H and O–H groups in total. The smallest absolute Gasteiger partial charge is 0.0480 e. The number of nitrogens with one attached hydrogen (secondary N) is 1. The molecule has 0 amide bonds. The minimum Gasteiger partial charge on any atom is -0.381 e. The molecule has 0 aromatic rings. The zero-order valence-electron chi connectivity index (χ0n) is 8.59. The second-order valence-corrected chi connectivity index (χ2v) is 3.98. The van der Waals surface area contributed by atoms with Crippen molar-refractivity contribution in [1.82, 2.24) is 5.32 Å². The first-order chi connectivity index (χ1) is 6.33. The normalized spacial score (nSPS) is 21.7. The van der Waals surface area contributed by atoms with Gasteiger partial charge in [-0.25, -0.2) is 0 Å². The summed E-state index contributed by atoms with van der Waals surface area (Å²) < 4.78 is 5.29. The van der Waals surface area contributed by atoms with Gasteiger partial charge in [0, 0.05) is 19.3 Å². The van der Waals surface area contributed by atoms with Crippen molar-refractivity contribution in [3.63, 3.8) is 0 Å². The lowest BCUT2D eigenvalue weighted by Gasteiger charge is -2.24. The van der Waals surface area contributed by atoms with Crippen molar-refractivity contribution < 1.29 is 4.74 Å². The third-order valence-electron chi connectivity index (χ3n) is 2.64. The summed E-state index contributed by atoms with van der Waals surface area (Å²) in [5, 5.41) is 3.57. The van der Waals surface area contributed by atoms with Crippen LogP contribution in [0.2, 0.25) is 0 Å². The van der Waals surface area contributed by atoms with Gasteiger partial charge in [0.1, 0.15) is 0 Å². The third kappa shape index (κ3) is 4.60. The molecule has 13 heavy (non-hydrogen) atoms. The number of nitrogens with two attached hydrogens (primary N) is 1. The van der Waals surface area contributed by atoms with Crippen LogP contribution in [-0.4, -0.2) is 32.3 Å². The molecule has 3 nitrogen and oxygen atoms in total. The van der Waals surface area contributed by atoms with Gasteiger partial charge in [-0.2, -0.15) is 0 Å². The number of hydrogen-bond donors (Lipinski definition) is 2. The first kappa shape index (κ1) is 11.0. The summed E-state index contributed by atoms with van der Waals surface area (Å²) in [4.78, 5) is 0. The molecule has 1 saturated heterocycles. The summed E-state index contributed by atoms with van der Waals surface area (Å²) in [6.45, 7) is 5.99. The Morgan fingerprint density at radius 3 is 2.77 bits per heavy atom. The molecule has 0 aromatic carbocycles. The van der Waals surface area contributed by atoms with E-state index in [-0.39, 0.29) is 0 Å². The van der Waals surface area contributed by atoms with Gasteiger partial charge in [0.2, 0.25) is 0 Å². The average Bonchev–Trinajstić information content (AvgIpc) is 2.17. The fourth-order valence-corrected chi connectivity index (χ4v) is 1.66. The molecule has 1 heterocycles. The van der Waals surface area contributed by atoms with Gasteiger partial charge in [-0.3, -0.25) is 0 Å². The summed E-state index contributed by atoms with van der Waals surface area (Å²) in [5.41, 5.74) is 5.49. The first-order valence-corrected chi connectivity index (χ1v) is 5.34. The van der Waals surface area contributed by atoms with Crippen LogP contribution in [0.25, 0.3) is 0 Å². The molecule has 1 rings (SSSR count). The summed E-state index contributed by atoms with van der Waals surface area (Å²) in [6.07, 6.45) is 3.45. The van der Waals surface area contributed by atoms with E-state index in [1.54, 1.807) is 0 Å². The standard InChI is InChI=1S/C10H22N2O/c1-9(2-5-11)8-12-10-3-6-13-7-4-10/h9-10,12H,2-8,11H2,1H3. The van der Waals surface area contributed by atoms with Crippen LogP contribution in [0.5, 0.6) is 0 Å². The molecule has 78 valence electrons. The van der Waals surface area contributed by atoms with Crippen molar-refractivity contribution in [3.05, 3.63) is 0 Å². The van der Waals surface area contributed by atoms with E-state index in [1.807, 2.05) is 0 Å². The van der Waals surface area contributed by atoms with Gasteiger partial charge < -0.3 is 15.8 Å². The number of ether oxygens (including phenoxy) is 1. The summed E-state index contributed by atoms with van der Waals surface area (Å²) in [5.74, 6) is 0.702. The van der Waals surface area contributed by atoms with E-state index in [0.717, 1.165) is 45.6 Å². The average molecular weight is 186 g/mol. The Kier molecular flexibility index (Phi) is 5.35. The van der Waals surface area contributed by atoms with Crippen molar-refractivity contribution in [2.45, 2.75) is 32.2 Å². The first-order valence-electron chi connectivity index (χ1n) is 5.34. The van der Waals surface area contributed by atoms with Crippen LogP contribution >= 0.6 is 0 Å². The molecule has 0 aromatic heterocycles. The van der Waals surface area contributed by atoms with Gasteiger partial charge in [0.05, 0.1) is 0 Å². The highest BCUT2D eigenvalue weighted by Gasteiger charge is 2.13. The van der Waals surface area contributed by atoms with E-state index in [1.165, 1.54) is 0 Å². The second kappa shape index (κ2) is 6.35. The minimum atomic E-state index is 0.675. The molecule has 0 saturated carbocycles. The molecule has 1 atom stereocenters. The van der Waals surface area contributed by atoms with Crippen LogP contribution in [0, 0.1) is 5.92 Å². The van der Waals surface area contributed by atoms with E-state index >= 15 is 0 Å². The molecular formula is C10H22N2O. The monoisotopic (exact) mass is 186 g/mol. The van der Waals surface area contributed by atoms with Crippen LogP contribution in [0.15, 0.2) is 0 Å². The molecule has 0 bridgehead atoms. The van der Waals surface area contributed by atoms with Gasteiger partial charge in [0.15, 0.2) is 0 Å². The van der Waals surface area contributed by atoms with Crippen molar-refractivity contribution in [2.24, 2.45) is 11.7 Å². The molecular weight excluding hydrogens is 164 g/mol. The maximum absolute atomic E-state index is 5.49.